The van der Waals surface area contributed by atoms with Crippen LogP contribution < -0.4 is 4.74 Å². The highest BCUT2D eigenvalue weighted by Crippen LogP contribution is 2.40. The van der Waals surface area contributed by atoms with Crippen molar-refractivity contribution in [3.05, 3.63) is 42.5 Å². The van der Waals surface area contributed by atoms with Crippen LogP contribution in [0.5, 0.6) is 23.0 Å². The van der Waals surface area contributed by atoms with Gasteiger partial charge in [-0.15, -0.1) is 0 Å². The van der Waals surface area contributed by atoms with E-state index in [1.54, 1.807) is 0 Å². The van der Waals surface area contributed by atoms with Gasteiger partial charge in [0.2, 0.25) is 12.0 Å². The smallest absolute Gasteiger partial charge is 0.402 e. The summed E-state index contributed by atoms with van der Waals surface area (Å²) in [5, 5.41) is 69.4. The first-order chi connectivity index (χ1) is 14.8. The molecule has 3 aromatic rings. The molecular formula is C21H22O11. The molecule has 1 saturated heterocycles. The molecular weight excluding hydrogens is 428 g/mol. The second-order valence-corrected chi connectivity index (χ2v) is 7.18. The van der Waals surface area contributed by atoms with E-state index in [2.05, 4.69) is 0 Å². The second-order valence-electron chi connectivity index (χ2n) is 7.18. The quantitative estimate of drug-likeness (QED) is 0.273. The van der Waals surface area contributed by atoms with Crippen LogP contribution in [0.25, 0.3) is 22.3 Å². The lowest BCUT2D eigenvalue weighted by Gasteiger charge is -2.39. The number of fused-ring (bicyclic) bond motifs is 1. The third kappa shape index (κ3) is 4.25. The number of aliphatic hydroxyl groups excluding tert-OH is 4. The van der Waals surface area contributed by atoms with Crippen molar-refractivity contribution in [1.29, 1.82) is 0 Å². The summed E-state index contributed by atoms with van der Waals surface area (Å²) in [6, 6.07) is 9.66. The first-order valence-corrected chi connectivity index (χ1v) is 9.38. The largest absolute Gasteiger partial charge is 0.870 e. The van der Waals surface area contributed by atoms with Crippen molar-refractivity contribution in [3.8, 4) is 34.3 Å². The van der Waals surface area contributed by atoms with Gasteiger partial charge in [-0.1, -0.05) is 0 Å². The molecule has 1 aromatic heterocycles. The molecule has 2 aromatic carbocycles. The van der Waals surface area contributed by atoms with Gasteiger partial charge in [0.05, 0.1) is 18.2 Å². The average Bonchev–Trinajstić information content (AvgIpc) is 2.74. The summed E-state index contributed by atoms with van der Waals surface area (Å²) in [6.07, 6.45) is -7.52. The Kier molecular flexibility index (Phi) is 6.69. The van der Waals surface area contributed by atoms with Crippen LogP contribution in [-0.4, -0.2) is 78.5 Å². The predicted molar refractivity (Wildman–Crippen MR) is 107 cm³/mol. The minimum atomic E-state index is -1.66. The maximum atomic E-state index is 10.3. The monoisotopic (exact) mass is 450 g/mol. The number of benzene rings is 2. The van der Waals surface area contributed by atoms with E-state index in [1.165, 1.54) is 36.4 Å². The number of hydrogen-bond acceptors (Lipinski definition) is 10. The molecule has 11 heteroatoms. The van der Waals surface area contributed by atoms with E-state index in [0.29, 0.717) is 5.56 Å². The molecule has 5 atom stereocenters. The van der Waals surface area contributed by atoms with E-state index in [9.17, 15) is 35.7 Å². The number of phenols is 3. The maximum Gasteiger partial charge on any atom is 0.402 e. The van der Waals surface area contributed by atoms with E-state index < -0.39 is 37.3 Å². The first kappa shape index (κ1) is 23.5. The summed E-state index contributed by atoms with van der Waals surface area (Å²) in [5.74, 6) is -0.420. The van der Waals surface area contributed by atoms with Crippen LogP contribution >= 0.6 is 0 Å². The van der Waals surface area contributed by atoms with Crippen LogP contribution in [0.2, 0.25) is 0 Å². The van der Waals surface area contributed by atoms with E-state index >= 15 is 0 Å². The molecule has 0 saturated carbocycles. The topological polar surface area (TPSA) is 201 Å². The molecule has 0 amide bonds. The lowest BCUT2D eigenvalue weighted by Crippen LogP contribution is -2.60. The average molecular weight is 450 g/mol. The van der Waals surface area contributed by atoms with Crippen LogP contribution in [-0.2, 0) is 4.74 Å². The van der Waals surface area contributed by atoms with E-state index in [0.717, 1.165) is 6.07 Å². The summed E-state index contributed by atoms with van der Waals surface area (Å²) in [4.78, 5) is 0. The SMILES string of the molecule is OC[C@H]1O[C@@H](Oc2cc3c(O)cc(O)cc3[o+]c2-c2ccc(O)cc2)[C@H](O)[C@@H](O)[C@H]1O.[OH-]. The fourth-order valence-electron chi connectivity index (χ4n) is 3.38. The molecule has 32 heavy (non-hydrogen) atoms. The number of phenolic OH excluding ortho intramolecular Hbond substituents is 3. The van der Waals surface area contributed by atoms with Gasteiger partial charge in [-0.2, -0.15) is 0 Å². The van der Waals surface area contributed by atoms with E-state index in [-0.39, 0.29) is 45.2 Å². The Morgan fingerprint density at radius 2 is 1.56 bits per heavy atom. The summed E-state index contributed by atoms with van der Waals surface area (Å²) >= 11 is 0. The van der Waals surface area contributed by atoms with Gasteiger partial charge in [0.25, 0.3) is 0 Å². The number of hydrogen-bond donors (Lipinski definition) is 7. The molecule has 0 bridgehead atoms. The van der Waals surface area contributed by atoms with Crippen molar-refractivity contribution in [2.75, 3.05) is 6.61 Å². The zero-order chi connectivity index (χ0) is 22.3. The summed E-state index contributed by atoms with van der Waals surface area (Å²) in [7, 11) is 0. The normalized spacial score (nSPS) is 25.3. The molecule has 1 aliphatic heterocycles. The van der Waals surface area contributed by atoms with Crippen LogP contribution in [0.4, 0.5) is 0 Å². The highest BCUT2D eigenvalue weighted by atomic mass is 16.7. The number of rotatable bonds is 4. The number of aromatic hydroxyl groups is 3. The van der Waals surface area contributed by atoms with E-state index in [4.69, 9.17) is 13.9 Å². The summed E-state index contributed by atoms with van der Waals surface area (Å²) in [6.45, 7) is -0.627. The molecule has 2 heterocycles. The minimum absolute atomic E-state index is 0. The van der Waals surface area contributed by atoms with Crippen LogP contribution in [0.15, 0.2) is 46.9 Å². The lowest BCUT2D eigenvalue weighted by molar-refractivity contribution is -0.277. The van der Waals surface area contributed by atoms with Crippen molar-refractivity contribution >= 4 is 11.0 Å². The molecule has 0 unspecified atom stereocenters. The molecule has 0 aliphatic carbocycles. The molecule has 4 rings (SSSR count). The summed E-state index contributed by atoms with van der Waals surface area (Å²) < 4.78 is 17.0. The Morgan fingerprint density at radius 1 is 0.875 bits per heavy atom. The minimum Gasteiger partial charge on any atom is -0.870 e. The fourth-order valence-corrected chi connectivity index (χ4v) is 3.38. The van der Waals surface area contributed by atoms with Gasteiger partial charge >= 0.3 is 11.3 Å². The highest BCUT2D eigenvalue weighted by molar-refractivity contribution is 5.88. The zero-order valence-corrected chi connectivity index (χ0v) is 16.4. The van der Waals surface area contributed by atoms with Crippen molar-refractivity contribution in [2.45, 2.75) is 30.7 Å². The molecule has 0 radical (unpaired) electrons. The Labute approximate surface area is 180 Å². The van der Waals surface area contributed by atoms with Crippen molar-refractivity contribution < 1.29 is 55.1 Å². The van der Waals surface area contributed by atoms with Gasteiger partial charge in [-0.25, -0.2) is 4.42 Å². The van der Waals surface area contributed by atoms with Crippen LogP contribution in [0, 0.1) is 0 Å². The molecule has 8 N–H and O–H groups in total. The number of aliphatic hydroxyl groups is 4. The molecule has 0 spiro atoms. The standard InChI is InChI=1S/C21H20O10.H2O/c22-8-16-17(26)18(27)19(28)21(31-16)30-15-7-12-13(25)5-11(24)6-14(12)29-20(15)9-1-3-10(23)4-2-9;/h1-7,16-19,21-22,26-28H,8H2,(H2-,23,24,25);1H2/t16-,17+,18+,19-,21-;/m1./s1. The van der Waals surface area contributed by atoms with Crippen molar-refractivity contribution in [1.82, 2.24) is 0 Å². The van der Waals surface area contributed by atoms with Gasteiger partial charge in [0, 0.05) is 12.1 Å². The van der Waals surface area contributed by atoms with Gasteiger partial charge in [-0.05, 0) is 24.3 Å². The lowest BCUT2D eigenvalue weighted by atomic mass is 9.99. The first-order valence-electron chi connectivity index (χ1n) is 9.38. The highest BCUT2D eigenvalue weighted by Gasteiger charge is 2.45. The van der Waals surface area contributed by atoms with E-state index in [1.807, 2.05) is 0 Å². The molecule has 172 valence electrons. The molecule has 11 nitrogen and oxygen atoms in total. The van der Waals surface area contributed by atoms with Gasteiger partial charge in [0.15, 0.2) is 0 Å². The fraction of sp³-hybridized carbons (Fsp3) is 0.286. The molecule has 1 fully saturated rings. The Bertz CT molecular complexity index is 1080. The number of ether oxygens (including phenoxy) is 2. The Morgan fingerprint density at radius 3 is 2.22 bits per heavy atom. The zero-order valence-electron chi connectivity index (χ0n) is 16.4. The maximum absolute atomic E-state index is 10.3. The van der Waals surface area contributed by atoms with Crippen molar-refractivity contribution in [2.24, 2.45) is 0 Å². The third-order valence-electron chi connectivity index (χ3n) is 5.04. The molecule has 1 aliphatic rings. The Balaban J connectivity index is 0.00000289. The summed E-state index contributed by atoms with van der Waals surface area (Å²) in [5.41, 5.74) is 0.573. The van der Waals surface area contributed by atoms with Crippen molar-refractivity contribution in [3.63, 3.8) is 0 Å². The van der Waals surface area contributed by atoms with Crippen LogP contribution in [0.3, 0.4) is 0 Å². The van der Waals surface area contributed by atoms with Crippen LogP contribution in [0.1, 0.15) is 0 Å². The third-order valence-corrected chi connectivity index (χ3v) is 5.04. The van der Waals surface area contributed by atoms with Gasteiger partial charge < -0.3 is 50.7 Å². The van der Waals surface area contributed by atoms with Gasteiger partial charge in [-0.3, -0.25) is 0 Å². The second kappa shape index (κ2) is 9.12. The predicted octanol–water partition coefficient (Wildman–Crippen LogP) is 0.500. The van der Waals surface area contributed by atoms with Gasteiger partial charge in [0.1, 0.15) is 47.1 Å². The Hall–Kier alpha value is -3.19.